The highest BCUT2D eigenvalue weighted by molar-refractivity contribution is 5.02. The van der Waals surface area contributed by atoms with Gasteiger partial charge in [-0.2, -0.15) is 0 Å². The second-order valence-corrected chi connectivity index (χ2v) is 2.55. The highest BCUT2D eigenvalue weighted by atomic mass is 16.3. The molecule has 11 heavy (non-hydrogen) atoms. The molecule has 0 unspecified atom stereocenters. The zero-order valence-corrected chi connectivity index (χ0v) is 6.49. The van der Waals surface area contributed by atoms with Gasteiger partial charge in [-0.3, -0.25) is 0 Å². The highest BCUT2D eigenvalue weighted by Gasteiger charge is 2.06. The highest BCUT2D eigenvalue weighted by Crippen LogP contribution is 2.14. The third-order valence-electron chi connectivity index (χ3n) is 1.63. The predicted octanol–water partition coefficient (Wildman–Crippen LogP) is 1.02. The van der Waals surface area contributed by atoms with E-state index in [9.17, 15) is 0 Å². The normalized spacial score (nSPS) is 13.3. The molecular formula is C8H14N2O. The molecule has 62 valence electrons. The van der Waals surface area contributed by atoms with Crippen molar-refractivity contribution >= 4 is 0 Å². The van der Waals surface area contributed by atoms with Crippen LogP contribution in [0.1, 0.15) is 24.6 Å². The van der Waals surface area contributed by atoms with Gasteiger partial charge in [0.1, 0.15) is 5.76 Å². The van der Waals surface area contributed by atoms with Gasteiger partial charge in [-0.25, -0.2) is 0 Å². The van der Waals surface area contributed by atoms with Crippen LogP contribution in [0, 0.1) is 0 Å². The van der Waals surface area contributed by atoms with E-state index < -0.39 is 0 Å². The van der Waals surface area contributed by atoms with Crippen LogP contribution in [-0.2, 0) is 0 Å². The summed E-state index contributed by atoms with van der Waals surface area (Å²) < 4.78 is 5.13. The monoisotopic (exact) mass is 154 g/mol. The van der Waals surface area contributed by atoms with Crippen LogP contribution in [0.3, 0.4) is 0 Å². The molecule has 1 atom stereocenters. The first-order valence-corrected chi connectivity index (χ1v) is 3.83. The van der Waals surface area contributed by atoms with Gasteiger partial charge in [0, 0.05) is 0 Å². The summed E-state index contributed by atoms with van der Waals surface area (Å²) in [6.07, 6.45) is 3.48. The molecule has 0 spiro atoms. The predicted molar refractivity (Wildman–Crippen MR) is 43.9 cm³/mol. The molecule has 1 aromatic rings. The van der Waals surface area contributed by atoms with E-state index in [4.69, 9.17) is 15.9 Å². The van der Waals surface area contributed by atoms with Crippen LogP contribution >= 0.6 is 0 Å². The molecule has 0 fully saturated rings. The molecule has 1 rings (SSSR count). The Bertz CT molecular complexity index is 184. The van der Waals surface area contributed by atoms with Gasteiger partial charge >= 0.3 is 0 Å². The molecule has 0 amide bonds. The number of hydrogen-bond acceptors (Lipinski definition) is 3. The average molecular weight is 154 g/mol. The van der Waals surface area contributed by atoms with Crippen LogP contribution in [0.25, 0.3) is 0 Å². The maximum Gasteiger partial charge on any atom is 0.120 e. The van der Waals surface area contributed by atoms with Crippen molar-refractivity contribution in [1.29, 1.82) is 0 Å². The summed E-state index contributed by atoms with van der Waals surface area (Å²) in [5, 5.41) is 0. The second kappa shape index (κ2) is 4.16. The van der Waals surface area contributed by atoms with Crippen molar-refractivity contribution in [2.24, 2.45) is 11.5 Å². The van der Waals surface area contributed by atoms with E-state index in [0.29, 0.717) is 6.54 Å². The van der Waals surface area contributed by atoms with E-state index >= 15 is 0 Å². The lowest BCUT2D eigenvalue weighted by Crippen LogP contribution is -2.11. The fourth-order valence-corrected chi connectivity index (χ4v) is 0.982. The first kappa shape index (κ1) is 8.30. The lowest BCUT2D eigenvalue weighted by molar-refractivity contribution is 0.447. The van der Waals surface area contributed by atoms with Gasteiger partial charge < -0.3 is 15.9 Å². The minimum absolute atomic E-state index is 0.00792. The number of hydrogen-bond donors (Lipinski definition) is 2. The lowest BCUT2D eigenvalue weighted by atomic mass is 10.1. The van der Waals surface area contributed by atoms with E-state index in [2.05, 4.69) is 0 Å². The standard InChI is InChI=1S/C8H14N2O/c9-5-1-3-7(10)8-4-2-6-11-8/h2,4,6-7H,1,3,5,9-10H2/t7-/m1/s1. The summed E-state index contributed by atoms with van der Waals surface area (Å²) in [6.45, 7) is 0.689. The summed E-state index contributed by atoms with van der Waals surface area (Å²) in [7, 11) is 0. The van der Waals surface area contributed by atoms with Gasteiger partial charge in [0.25, 0.3) is 0 Å². The third kappa shape index (κ3) is 2.37. The van der Waals surface area contributed by atoms with Crippen molar-refractivity contribution in [3.63, 3.8) is 0 Å². The fraction of sp³-hybridized carbons (Fsp3) is 0.500. The van der Waals surface area contributed by atoms with Crippen molar-refractivity contribution in [2.45, 2.75) is 18.9 Å². The summed E-state index contributed by atoms with van der Waals surface area (Å²) in [5.41, 5.74) is 11.1. The smallest absolute Gasteiger partial charge is 0.120 e. The van der Waals surface area contributed by atoms with Crippen LogP contribution in [0.4, 0.5) is 0 Å². The van der Waals surface area contributed by atoms with Crippen LogP contribution in [-0.4, -0.2) is 6.54 Å². The van der Waals surface area contributed by atoms with E-state index in [1.807, 2.05) is 12.1 Å². The van der Waals surface area contributed by atoms with Crippen molar-refractivity contribution in [2.75, 3.05) is 6.54 Å². The van der Waals surface area contributed by atoms with Crippen LogP contribution in [0.5, 0.6) is 0 Å². The molecule has 0 aliphatic carbocycles. The van der Waals surface area contributed by atoms with Crippen molar-refractivity contribution in [1.82, 2.24) is 0 Å². The van der Waals surface area contributed by atoms with Crippen LogP contribution in [0.2, 0.25) is 0 Å². The largest absolute Gasteiger partial charge is 0.468 e. The van der Waals surface area contributed by atoms with E-state index in [-0.39, 0.29) is 6.04 Å². The Balaban J connectivity index is 2.36. The molecule has 1 heterocycles. The minimum atomic E-state index is 0.00792. The van der Waals surface area contributed by atoms with Crippen molar-refractivity contribution in [3.8, 4) is 0 Å². The van der Waals surface area contributed by atoms with E-state index in [1.165, 1.54) is 0 Å². The average Bonchev–Trinajstić information content (AvgIpc) is 2.52. The first-order valence-electron chi connectivity index (χ1n) is 3.83. The minimum Gasteiger partial charge on any atom is -0.468 e. The molecular weight excluding hydrogens is 140 g/mol. The zero-order chi connectivity index (χ0) is 8.10. The van der Waals surface area contributed by atoms with Gasteiger partial charge in [-0.05, 0) is 31.5 Å². The summed E-state index contributed by atoms with van der Waals surface area (Å²) in [4.78, 5) is 0. The van der Waals surface area contributed by atoms with Crippen molar-refractivity contribution in [3.05, 3.63) is 24.2 Å². The van der Waals surface area contributed by atoms with Crippen LogP contribution in [0.15, 0.2) is 22.8 Å². The third-order valence-corrected chi connectivity index (χ3v) is 1.63. The number of furan rings is 1. The Labute approximate surface area is 66.4 Å². The summed E-state index contributed by atoms with van der Waals surface area (Å²) >= 11 is 0. The quantitative estimate of drug-likeness (QED) is 0.680. The van der Waals surface area contributed by atoms with E-state index in [1.54, 1.807) is 6.26 Å². The van der Waals surface area contributed by atoms with Gasteiger partial charge in [0.15, 0.2) is 0 Å². The van der Waals surface area contributed by atoms with Gasteiger partial charge in [0.05, 0.1) is 12.3 Å². The molecule has 0 saturated carbocycles. The molecule has 0 aliphatic rings. The van der Waals surface area contributed by atoms with Gasteiger partial charge in [-0.1, -0.05) is 0 Å². The van der Waals surface area contributed by atoms with Gasteiger partial charge in [-0.15, -0.1) is 0 Å². The molecule has 4 N–H and O–H groups in total. The van der Waals surface area contributed by atoms with Crippen molar-refractivity contribution < 1.29 is 4.42 Å². The molecule has 0 aliphatic heterocycles. The molecule has 3 nitrogen and oxygen atoms in total. The Morgan fingerprint density at radius 1 is 1.55 bits per heavy atom. The molecule has 0 aromatic carbocycles. The molecule has 3 heteroatoms. The Morgan fingerprint density at radius 3 is 2.91 bits per heavy atom. The van der Waals surface area contributed by atoms with E-state index in [0.717, 1.165) is 18.6 Å². The Morgan fingerprint density at radius 2 is 2.36 bits per heavy atom. The molecule has 0 saturated heterocycles. The maximum atomic E-state index is 5.78. The summed E-state index contributed by atoms with van der Waals surface area (Å²) in [5.74, 6) is 0.846. The Hall–Kier alpha value is -0.800. The Kier molecular flexibility index (Phi) is 3.14. The lowest BCUT2D eigenvalue weighted by Gasteiger charge is -2.06. The number of nitrogens with two attached hydrogens (primary N) is 2. The second-order valence-electron chi connectivity index (χ2n) is 2.55. The molecule has 0 radical (unpaired) electrons. The first-order chi connectivity index (χ1) is 5.34. The molecule has 0 bridgehead atoms. The molecule has 1 aromatic heterocycles. The van der Waals surface area contributed by atoms with Gasteiger partial charge in [0.2, 0.25) is 0 Å². The topological polar surface area (TPSA) is 65.2 Å². The zero-order valence-electron chi connectivity index (χ0n) is 6.49. The van der Waals surface area contributed by atoms with Crippen LogP contribution < -0.4 is 11.5 Å². The number of rotatable bonds is 4. The fourth-order valence-electron chi connectivity index (χ4n) is 0.982. The summed E-state index contributed by atoms with van der Waals surface area (Å²) in [6, 6.07) is 3.74. The maximum absolute atomic E-state index is 5.78. The SMILES string of the molecule is NCCC[C@@H](N)c1ccco1.